The molecule has 50 valence electrons. The molecule has 0 aliphatic carbocycles. The summed E-state index contributed by atoms with van der Waals surface area (Å²) in [6.07, 6.45) is 3.05. The molecule has 0 saturated heterocycles. The third-order valence-corrected chi connectivity index (χ3v) is 0.877. The van der Waals surface area contributed by atoms with Crippen molar-refractivity contribution in [3.63, 3.8) is 0 Å². The Morgan fingerprint density at radius 1 is 2.00 bits per heavy atom. The molecule has 9 heavy (non-hydrogen) atoms. The summed E-state index contributed by atoms with van der Waals surface area (Å²) in [5.74, 6) is -0.211. The van der Waals surface area contributed by atoms with Crippen LogP contribution in [0.2, 0.25) is 0 Å². The van der Waals surface area contributed by atoms with Gasteiger partial charge in [-0.3, -0.25) is 0 Å². The van der Waals surface area contributed by atoms with Crippen LogP contribution >= 0.6 is 0 Å². The van der Waals surface area contributed by atoms with E-state index in [4.69, 9.17) is 0 Å². The van der Waals surface area contributed by atoms with Crippen LogP contribution in [0.25, 0.3) is 0 Å². The van der Waals surface area contributed by atoms with E-state index in [0.717, 1.165) is 0 Å². The molecular weight excluding hydrogens is 120 g/mol. The molecule has 0 aliphatic heterocycles. The van der Waals surface area contributed by atoms with E-state index in [1.165, 1.54) is 13.3 Å². The quantitative estimate of drug-likeness (QED) is 0.558. The average molecular weight is 128 g/mol. The van der Waals surface area contributed by atoms with Gasteiger partial charge in [-0.2, -0.15) is 0 Å². The molecule has 0 radical (unpaired) electrons. The molecule has 4 nitrogen and oxygen atoms in total. The number of imidazole rings is 1. The number of aromatic nitrogens is 2. The Morgan fingerprint density at radius 2 is 2.78 bits per heavy atom. The van der Waals surface area contributed by atoms with Crippen LogP contribution in [0.1, 0.15) is 12.0 Å². The lowest BCUT2D eigenvalue weighted by atomic mass is 10.6. The predicted molar refractivity (Wildman–Crippen MR) is 32.0 cm³/mol. The van der Waals surface area contributed by atoms with Crippen molar-refractivity contribution in [1.82, 2.24) is 9.97 Å². The second-order valence-electron chi connectivity index (χ2n) is 1.43. The molecule has 0 spiro atoms. The minimum absolute atomic E-state index is 0. The van der Waals surface area contributed by atoms with Crippen molar-refractivity contribution in [2.75, 3.05) is 7.11 Å². The van der Waals surface area contributed by atoms with Crippen LogP contribution in [-0.2, 0) is 4.74 Å². The number of esters is 1. The van der Waals surface area contributed by atoms with Crippen LogP contribution in [0, 0.1) is 0 Å². The Bertz CT molecular complexity index is 197. The lowest BCUT2D eigenvalue weighted by Gasteiger charge is -1.89. The zero-order valence-electron chi connectivity index (χ0n) is 4.92. The van der Waals surface area contributed by atoms with E-state index in [2.05, 4.69) is 14.7 Å². The second kappa shape index (κ2) is 2.30. The highest BCUT2D eigenvalue weighted by Crippen LogP contribution is 1.89. The van der Waals surface area contributed by atoms with Crippen molar-refractivity contribution in [2.45, 2.75) is 0 Å². The number of ether oxygens (including phenoxy) is 1. The molecule has 1 aromatic rings. The molecule has 0 unspecified atom stereocenters. The van der Waals surface area contributed by atoms with Gasteiger partial charge in [0.15, 0.2) is 0 Å². The highest BCUT2D eigenvalue weighted by atomic mass is 16.5. The maximum atomic E-state index is 10.6. The molecule has 4 heteroatoms. The van der Waals surface area contributed by atoms with Crippen molar-refractivity contribution >= 4 is 5.97 Å². The first-order valence-electron chi connectivity index (χ1n) is 2.42. The van der Waals surface area contributed by atoms with Gasteiger partial charge in [0.2, 0.25) is 5.82 Å². The fraction of sp³-hybridized carbons (Fsp3) is 0.200. The van der Waals surface area contributed by atoms with E-state index in [-0.39, 0.29) is 7.25 Å². The summed E-state index contributed by atoms with van der Waals surface area (Å²) in [4.78, 5) is 16.8. The summed E-state index contributed by atoms with van der Waals surface area (Å²) in [6, 6.07) is 0. The van der Waals surface area contributed by atoms with Gasteiger partial charge < -0.3 is 9.72 Å². The van der Waals surface area contributed by atoms with Gasteiger partial charge >= 0.3 is 5.97 Å². The highest BCUT2D eigenvalue weighted by molar-refractivity contribution is 5.84. The smallest absolute Gasteiger partial charge is 0.374 e. The number of hydrogen-bond acceptors (Lipinski definition) is 3. The third-order valence-electron chi connectivity index (χ3n) is 0.877. The van der Waals surface area contributed by atoms with Crippen LogP contribution in [0.5, 0.6) is 0 Å². The Balaban J connectivity index is 0.000000810. The molecule has 0 aliphatic rings. The molecule has 0 aromatic carbocycles. The molecular formula is C5H8N2O2. The van der Waals surface area contributed by atoms with Gasteiger partial charge in [0.25, 0.3) is 0 Å². The first kappa shape index (κ1) is 5.81. The van der Waals surface area contributed by atoms with Crippen LogP contribution in [-0.4, -0.2) is 23.0 Å². The minimum atomic E-state index is -0.444. The summed E-state index contributed by atoms with van der Waals surface area (Å²) in [5.41, 5.74) is 0. The number of rotatable bonds is 1. The van der Waals surface area contributed by atoms with Crippen LogP contribution in [0.15, 0.2) is 12.4 Å². The Hall–Kier alpha value is -1.32. The average Bonchev–Trinajstić information content (AvgIpc) is 2.37. The lowest BCUT2D eigenvalue weighted by Crippen LogP contribution is -2.02. The van der Waals surface area contributed by atoms with E-state index in [1.54, 1.807) is 6.20 Å². The number of nitrogens with zero attached hydrogens (tertiary/aromatic N) is 1. The zero-order chi connectivity index (χ0) is 6.69. The van der Waals surface area contributed by atoms with Crippen molar-refractivity contribution in [3.05, 3.63) is 18.2 Å². The molecule has 1 N–H and O–H groups in total. The Morgan fingerprint density at radius 3 is 3.22 bits per heavy atom. The van der Waals surface area contributed by atoms with Gasteiger partial charge in [-0.15, -0.1) is 0 Å². The topological polar surface area (TPSA) is 55.0 Å². The van der Waals surface area contributed by atoms with E-state index >= 15 is 0 Å². The van der Waals surface area contributed by atoms with Gasteiger partial charge in [0.1, 0.15) is 0 Å². The maximum Gasteiger partial charge on any atom is 0.374 e. The number of H-pyrrole nitrogens is 1. The van der Waals surface area contributed by atoms with Gasteiger partial charge in [-0.25, -0.2) is 9.78 Å². The lowest BCUT2D eigenvalue weighted by molar-refractivity contribution is 0.0588. The van der Waals surface area contributed by atoms with Crippen LogP contribution in [0.3, 0.4) is 0 Å². The molecule has 1 aromatic heterocycles. The summed E-state index contributed by atoms with van der Waals surface area (Å²) in [7, 11) is 1.31. The molecule has 0 bridgehead atoms. The van der Waals surface area contributed by atoms with Gasteiger partial charge in [0, 0.05) is 13.8 Å². The number of hydrogen-bond donors (Lipinski definition) is 1. The largest absolute Gasteiger partial charge is 0.463 e. The van der Waals surface area contributed by atoms with Crippen molar-refractivity contribution in [1.29, 1.82) is 0 Å². The van der Waals surface area contributed by atoms with Gasteiger partial charge in [0.05, 0.1) is 7.11 Å². The standard InChI is InChI=1S/C5H6N2O2.H2/c1-9-5(8)4-6-2-3-7-4;/h2-3H,1H3,(H,6,7);1H. The van der Waals surface area contributed by atoms with Gasteiger partial charge in [-0.05, 0) is 0 Å². The zero-order valence-corrected chi connectivity index (χ0v) is 4.92. The minimum Gasteiger partial charge on any atom is -0.463 e. The van der Waals surface area contributed by atoms with Gasteiger partial charge in [-0.1, -0.05) is 0 Å². The molecule has 0 saturated carbocycles. The number of nitrogens with one attached hydrogen (secondary N) is 1. The normalized spacial score (nSPS) is 9.00. The summed E-state index contributed by atoms with van der Waals surface area (Å²) in [6.45, 7) is 0. The SMILES string of the molecule is COC(=O)c1ncc[nH]1.[HH]. The molecule has 1 rings (SSSR count). The number of aromatic amines is 1. The first-order chi connectivity index (χ1) is 4.34. The monoisotopic (exact) mass is 128 g/mol. The van der Waals surface area contributed by atoms with E-state index in [9.17, 15) is 4.79 Å². The molecule has 0 atom stereocenters. The predicted octanol–water partition coefficient (Wildman–Crippen LogP) is 0.442. The summed E-state index contributed by atoms with van der Waals surface area (Å²) >= 11 is 0. The second-order valence-corrected chi connectivity index (χ2v) is 1.43. The van der Waals surface area contributed by atoms with E-state index in [1.807, 2.05) is 0 Å². The summed E-state index contributed by atoms with van der Waals surface area (Å²) < 4.78 is 4.36. The maximum absolute atomic E-state index is 10.6. The van der Waals surface area contributed by atoms with Crippen molar-refractivity contribution in [3.8, 4) is 0 Å². The molecule has 0 fully saturated rings. The molecule has 0 amide bonds. The van der Waals surface area contributed by atoms with Crippen molar-refractivity contribution < 1.29 is 11.0 Å². The third kappa shape index (κ3) is 1.07. The highest BCUT2D eigenvalue weighted by Gasteiger charge is 2.04. The first-order valence-corrected chi connectivity index (χ1v) is 2.42. The van der Waals surface area contributed by atoms with Crippen molar-refractivity contribution in [2.24, 2.45) is 0 Å². The molecule has 1 heterocycles. The number of methoxy groups -OCH3 is 1. The van der Waals surface area contributed by atoms with Crippen LogP contribution in [0.4, 0.5) is 0 Å². The number of carbonyl (C=O) groups excluding carboxylic acids is 1. The fourth-order valence-corrected chi connectivity index (χ4v) is 0.474. The number of carbonyl (C=O) groups is 1. The van der Waals surface area contributed by atoms with E-state index < -0.39 is 5.97 Å². The summed E-state index contributed by atoms with van der Waals surface area (Å²) in [5, 5.41) is 0. The Kier molecular flexibility index (Phi) is 1.48. The van der Waals surface area contributed by atoms with E-state index in [0.29, 0.717) is 0 Å². The Labute approximate surface area is 53.3 Å². The fourth-order valence-electron chi connectivity index (χ4n) is 0.474. The van der Waals surface area contributed by atoms with Crippen LogP contribution < -0.4 is 0 Å².